The molecule has 2 aromatic carbocycles. The van der Waals surface area contributed by atoms with Crippen molar-refractivity contribution in [1.82, 2.24) is 0 Å². The standard InChI is InChI=1S/C14H10NO3/c16-10-13-7-2-1-5-11(13)9-12-6-3-4-8-14(12)15(17)18/h1-8H,9H2. The molecule has 0 saturated carbocycles. The second kappa shape index (κ2) is 5.23. The average molecular weight is 240 g/mol. The van der Waals surface area contributed by atoms with Gasteiger partial charge in [-0.3, -0.25) is 14.9 Å². The van der Waals surface area contributed by atoms with Gasteiger partial charge in [-0.1, -0.05) is 42.5 Å². The summed E-state index contributed by atoms with van der Waals surface area (Å²) in [6, 6.07) is 13.5. The summed E-state index contributed by atoms with van der Waals surface area (Å²) in [7, 11) is 0. The van der Waals surface area contributed by atoms with Crippen molar-refractivity contribution < 1.29 is 9.72 Å². The predicted molar refractivity (Wildman–Crippen MR) is 67.1 cm³/mol. The van der Waals surface area contributed by atoms with Crippen LogP contribution in [0.15, 0.2) is 48.5 Å². The number of nitro benzene ring substituents is 1. The third-order valence-electron chi connectivity index (χ3n) is 2.70. The van der Waals surface area contributed by atoms with Gasteiger partial charge in [-0.25, -0.2) is 0 Å². The number of nitro groups is 1. The lowest BCUT2D eigenvalue weighted by molar-refractivity contribution is -0.385. The van der Waals surface area contributed by atoms with E-state index in [2.05, 4.69) is 0 Å². The zero-order valence-corrected chi connectivity index (χ0v) is 9.50. The Labute approximate surface area is 104 Å². The van der Waals surface area contributed by atoms with Crippen LogP contribution in [0.1, 0.15) is 16.7 Å². The summed E-state index contributed by atoms with van der Waals surface area (Å²) in [5, 5.41) is 10.9. The molecule has 0 spiro atoms. The highest BCUT2D eigenvalue weighted by Gasteiger charge is 2.13. The maximum Gasteiger partial charge on any atom is 0.272 e. The highest BCUT2D eigenvalue weighted by atomic mass is 16.6. The van der Waals surface area contributed by atoms with E-state index in [1.807, 2.05) is 6.29 Å². The Kier molecular flexibility index (Phi) is 3.48. The number of benzene rings is 2. The first-order chi connectivity index (χ1) is 8.72. The quantitative estimate of drug-likeness (QED) is 0.609. The molecule has 4 nitrogen and oxygen atoms in total. The Morgan fingerprint density at radius 3 is 2.28 bits per heavy atom. The minimum Gasteiger partial charge on any atom is -0.285 e. The maximum absolute atomic E-state index is 10.9. The lowest BCUT2D eigenvalue weighted by atomic mass is 9.99. The molecule has 2 rings (SSSR count). The van der Waals surface area contributed by atoms with Gasteiger partial charge >= 0.3 is 0 Å². The SMILES string of the molecule is O=[C]c1ccccc1Cc1ccccc1[N+](=O)[O-]. The summed E-state index contributed by atoms with van der Waals surface area (Å²) in [5.74, 6) is 0. The van der Waals surface area contributed by atoms with Crippen molar-refractivity contribution in [3.63, 3.8) is 0 Å². The highest BCUT2D eigenvalue weighted by Crippen LogP contribution is 2.22. The molecule has 0 aliphatic rings. The highest BCUT2D eigenvalue weighted by molar-refractivity contribution is 5.78. The van der Waals surface area contributed by atoms with Gasteiger partial charge in [0.2, 0.25) is 6.29 Å². The number of para-hydroxylation sites is 1. The first-order valence-electron chi connectivity index (χ1n) is 5.40. The van der Waals surface area contributed by atoms with E-state index in [0.29, 0.717) is 17.5 Å². The number of rotatable bonds is 4. The van der Waals surface area contributed by atoms with Crippen molar-refractivity contribution in [3.8, 4) is 0 Å². The largest absolute Gasteiger partial charge is 0.285 e. The topological polar surface area (TPSA) is 60.2 Å². The van der Waals surface area contributed by atoms with Crippen LogP contribution in [0.5, 0.6) is 0 Å². The molecule has 0 amide bonds. The Bertz CT molecular complexity index is 593. The van der Waals surface area contributed by atoms with Gasteiger partial charge in [0.25, 0.3) is 5.69 Å². The van der Waals surface area contributed by atoms with Crippen molar-refractivity contribution in [2.45, 2.75) is 6.42 Å². The molecule has 89 valence electrons. The van der Waals surface area contributed by atoms with Crippen molar-refractivity contribution in [1.29, 1.82) is 0 Å². The van der Waals surface area contributed by atoms with Gasteiger partial charge in [-0.15, -0.1) is 0 Å². The van der Waals surface area contributed by atoms with Crippen LogP contribution in [-0.4, -0.2) is 11.2 Å². The molecule has 0 aromatic heterocycles. The third kappa shape index (κ3) is 2.43. The van der Waals surface area contributed by atoms with E-state index in [1.54, 1.807) is 42.5 Å². The molecule has 0 atom stereocenters. The van der Waals surface area contributed by atoms with Crippen LogP contribution >= 0.6 is 0 Å². The van der Waals surface area contributed by atoms with Crippen LogP contribution < -0.4 is 0 Å². The number of hydrogen-bond acceptors (Lipinski definition) is 3. The molecule has 1 radical (unpaired) electrons. The monoisotopic (exact) mass is 240 g/mol. The molecule has 18 heavy (non-hydrogen) atoms. The number of nitrogens with zero attached hydrogens (tertiary/aromatic N) is 1. The summed E-state index contributed by atoms with van der Waals surface area (Å²) >= 11 is 0. The van der Waals surface area contributed by atoms with E-state index in [-0.39, 0.29) is 5.69 Å². The molecular formula is C14H10NO3. The molecule has 0 saturated heterocycles. The van der Waals surface area contributed by atoms with E-state index in [1.165, 1.54) is 6.07 Å². The van der Waals surface area contributed by atoms with Crippen LogP contribution in [0.2, 0.25) is 0 Å². The Morgan fingerprint density at radius 2 is 1.61 bits per heavy atom. The Morgan fingerprint density at radius 1 is 1.00 bits per heavy atom. The van der Waals surface area contributed by atoms with E-state index in [4.69, 9.17) is 0 Å². The smallest absolute Gasteiger partial charge is 0.272 e. The van der Waals surface area contributed by atoms with Crippen molar-refractivity contribution in [2.75, 3.05) is 0 Å². The van der Waals surface area contributed by atoms with Gasteiger partial charge in [-0.05, 0) is 5.56 Å². The summed E-state index contributed by atoms with van der Waals surface area (Å²) in [6.07, 6.45) is 2.19. The molecule has 0 aliphatic carbocycles. The van der Waals surface area contributed by atoms with E-state index in [9.17, 15) is 14.9 Å². The van der Waals surface area contributed by atoms with Crippen LogP contribution in [0, 0.1) is 10.1 Å². The van der Waals surface area contributed by atoms with E-state index in [0.717, 1.165) is 5.56 Å². The van der Waals surface area contributed by atoms with Crippen LogP contribution in [0.3, 0.4) is 0 Å². The van der Waals surface area contributed by atoms with Crippen molar-refractivity contribution in [2.24, 2.45) is 0 Å². The fraction of sp³-hybridized carbons (Fsp3) is 0.0714. The predicted octanol–water partition coefficient (Wildman–Crippen LogP) is 2.64. The van der Waals surface area contributed by atoms with Gasteiger partial charge in [0.15, 0.2) is 0 Å². The van der Waals surface area contributed by atoms with Crippen LogP contribution in [0.4, 0.5) is 5.69 Å². The molecule has 0 bridgehead atoms. The zero-order chi connectivity index (χ0) is 13.0. The number of hydrogen-bond donors (Lipinski definition) is 0. The fourth-order valence-corrected chi connectivity index (χ4v) is 1.82. The summed E-state index contributed by atoms with van der Waals surface area (Å²) < 4.78 is 0. The number of carbonyl (C=O) groups excluding carboxylic acids is 1. The van der Waals surface area contributed by atoms with Crippen LogP contribution in [-0.2, 0) is 11.2 Å². The minimum absolute atomic E-state index is 0.0678. The summed E-state index contributed by atoms with van der Waals surface area (Å²) in [6.45, 7) is 0. The van der Waals surface area contributed by atoms with Crippen LogP contribution in [0.25, 0.3) is 0 Å². The molecule has 4 heteroatoms. The Hall–Kier alpha value is -2.49. The average Bonchev–Trinajstić information content (AvgIpc) is 2.40. The normalized spacial score (nSPS) is 10.0. The zero-order valence-electron chi connectivity index (χ0n) is 9.50. The molecule has 0 N–H and O–H groups in total. The second-order valence-corrected chi connectivity index (χ2v) is 3.82. The molecule has 0 aliphatic heterocycles. The van der Waals surface area contributed by atoms with Gasteiger partial charge in [0.05, 0.1) is 4.92 Å². The van der Waals surface area contributed by atoms with Crippen molar-refractivity contribution in [3.05, 3.63) is 75.3 Å². The molecular weight excluding hydrogens is 230 g/mol. The first-order valence-corrected chi connectivity index (χ1v) is 5.40. The van der Waals surface area contributed by atoms with E-state index < -0.39 is 4.92 Å². The molecule has 0 heterocycles. The van der Waals surface area contributed by atoms with E-state index >= 15 is 0 Å². The fourth-order valence-electron chi connectivity index (χ4n) is 1.82. The lowest BCUT2D eigenvalue weighted by Gasteiger charge is -2.05. The molecule has 0 fully saturated rings. The van der Waals surface area contributed by atoms with Gasteiger partial charge in [0, 0.05) is 23.6 Å². The van der Waals surface area contributed by atoms with Gasteiger partial charge < -0.3 is 0 Å². The maximum atomic E-state index is 10.9. The minimum atomic E-state index is -0.414. The lowest BCUT2D eigenvalue weighted by Crippen LogP contribution is -1.98. The van der Waals surface area contributed by atoms with Gasteiger partial charge in [-0.2, -0.15) is 0 Å². The molecule has 0 unspecified atom stereocenters. The Balaban J connectivity index is 2.40. The van der Waals surface area contributed by atoms with Crippen molar-refractivity contribution >= 4 is 12.0 Å². The first kappa shape index (κ1) is 12.0. The van der Waals surface area contributed by atoms with Gasteiger partial charge in [0.1, 0.15) is 0 Å². The summed E-state index contributed by atoms with van der Waals surface area (Å²) in [5.41, 5.74) is 1.83. The third-order valence-corrected chi connectivity index (χ3v) is 2.70. The second-order valence-electron chi connectivity index (χ2n) is 3.82. The molecule has 2 aromatic rings. The summed E-state index contributed by atoms with van der Waals surface area (Å²) in [4.78, 5) is 21.3.